The van der Waals surface area contributed by atoms with E-state index in [4.69, 9.17) is 5.73 Å². The van der Waals surface area contributed by atoms with Gasteiger partial charge in [0.25, 0.3) is 0 Å². The van der Waals surface area contributed by atoms with Crippen molar-refractivity contribution >= 4 is 23.2 Å². The van der Waals surface area contributed by atoms with Crippen LogP contribution in [0.5, 0.6) is 0 Å². The third-order valence-corrected chi connectivity index (χ3v) is 4.52. The molecule has 1 aromatic rings. The molecule has 6 heteroatoms. The van der Waals surface area contributed by atoms with Crippen molar-refractivity contribution < 1.29 is 9.59 Å². The first-order valence-corrected chi connectivity index (χ1v) is 7.62. The Morgan fingerprint density at radius 3 is 2.95 bits per heavy atom. The van der Waals surface area contributed by atoms with Crippen LogP contribution in [0.4, 0.5) is 0 Å². The van der Waals surface area contributed by atoms with E-state index in [1.54, 1.807) is 11.3 Å². The number of nitrogens with zero attached hydrogens (tertiary/aromatic N) is 1. The normalized spacial score (nSPS) is 15.0. The third kappa shape index (κ3) is 3.80. The Labute approximate surface area is 123 Å². The van der Waals surface area contributed by atoms with E-state index in [9.17, 15) is 9.59 Å². The van der Waals surface area contributed by atoms with E-state index in [1.165, 1.54) is 10.4 Å². The van der Waals surface area contributed by atoms with Crippen molar-refractivity contribution in [2.45, 2.75) is 38.8 Å². The Morgan fingerprint density at radius 2 is 2.25 bits per heavy atom. The molecule has 5 nitrogen and oxygen atoms in total. The monoisotopic (exact) mass is 295 g/mol. The van der Waals surface area contributed by atoms with Crippen molar-refractivity contribution in [3.8, 4) is 0 Å². The van der Waals surface area contributed by atoms with Gasteiger partial charge in [0, 0.05) is 29.9 Å². The van der Waals surface area contributed by atoms with Crippen LogP contribution in [0, 0.1) is 0 Å². The van der Waals surface area contributed by atoms with Crippen LogP contribution in [0.3, 0.4) is 0 Å². The minimum Gasteiger partial charge on any atom is -0.370 e. The Bertz CT molecular complexity index is 510. The lowest BCUT2D eigenvalue weighted by Crippen LogP contribution is -2.48. The van der Waals surface area contributed by atoms with Crippen molar-refractivity contribution in [2.75, 3.05) is 13.1 Å². The standard InChI is InChI=1S/C14H21N3O2S/c1-14(2,7-12(15)18)16-8-13(19)17-5-3-11-10(9-17)4-6-20-11/h4,6,16H,3,5,7-9H2,1-2H3,(H2,15,18). The van der Waals surface area contributed by atoms with Crippen LogP contribution in [0.25, 0.3) is 0 Å². The molecule has 0 bridgehead atoms. The molecule has 0 fully saturated rings. The van der Waals surface area contributed by atoms with Crippen LogP contribution >= 0.6 is 11.3 Å². The number of primary amides is 1. The van der Waals surface area contributed by atoms with E-state index in [0.29, 0.717) is 6.54 Å². The highest BCUT2D eigenvalue weighted by atomic mass is 32.1. The first-order chi connectivity index (χ1) is 9.37. The van der Waals surface area contributed by atoms with Crippen molar-refractivity contribution in [3.05, 3.63) is 21.9 Å². The molecule has 3 N–H and O–H groups in total. The molecule has 110 valence electrons. The van der Waals surface area contributed by atoms with Gasteiger partial charge in [-0.1, -0.05) is 0 Å². The van der Waals surface area contributed by atoms with E-state index in [2.05, 4.69) is 16.8 Å². The van der Waals surface area contributed by atoms with Crippen molar-refractivity contribution in [1.29, 1.82) is 0 Å². The first kappa shape index (κ1) is 15.0. The Balaban J connectivity index is 1.86. The summed E-state index contributed by atoms with van der Waals surface area (Å²) in [6.45, 7) is 5.44. The van der Waals surface area contributed by atoms with E-state index in [1.807, 2.05) is 18.7 Å². The molecule has 1 aliphatic heterocycles. The highest BCUT2D eigenvalue weighted by Gasteiger charge is 2.25. The number of carbonyl (C=O) groups excluding carboxylic acids is 2. The lowest BCUT2D eigenvalue weighted by atomic mass is 10.0. The van der Waals surface area contributed by atoms with Crippen LogP contribution in [0.2, 0.25) is 0 Å². The predicted molar refractivity (Wildman–Crippen MR) is 79.3 cm³/mol. The lowest BCUT2D eigenvalue weighted by Gasteiger charge is -2.30. The van der Waals surface area contributed by atoms with Gasteiger partial charge in [-0.25, -0.2) is 0 Å². The molecular formula is C14H21N3O2S. The number of nitrogens with one attached hydrogen (secondary N) is 1. The van der Waals surface area contributed by atoms with Crippen molar-refractivity contribution in [2.24, 2.45) is 5.73 Å². The zero-order valence-electron chi connectivity index (χ0n) is 11.9. The number of nitrogens with two attached hydrogens (primary N) is 1. The van der Waals surface area contributed by atoms with Gasteiger partial charge in [0.05, 0.1) is 6.54 Å². The molecule has 1 aliphatic rings. The maximum Gasteiger partial charge on any atom is 0.236 e. The van der Waals surface area contributed by atoms with Gasteiger partial charge in [-0.2, -0.15) is 0 Å². The van der Waals surface area contributed by atoms with E-state index in [0.717, 1.165) is 13.0 Å². The highest BCUT2D eigenvalue weighted by Crippen LogP contribution is 2.23. The molecule has 2 heterocycles. The molecule has 0 saturated carbocycles. The minimum absolute atomic E-state index is 0.0689. The Morgan fingerprint density at radius 1 is 1.50 bits per heavy atom. The van der Waals surface area contributed by atoms with Gasteiger partial charge < -0.3 is 16.0 Å². The second kappa shape index (κ2) is 5.93. The largest absolute Gasteiger partial charge is 0.370 e. The molecule has 0 aliphatic carbocycles. The van der Waals surface area contributed by atoms with E-state index < -0.39 is 5.54 Å². The number of amides is 2. The summed E-state index contributed by atoms with van der Waals surface area (Å²) in [6.07, 6.45) is 1.15. The fourth-order valence-electron chi connectivity index (χ4n) is 2.39. The quantitative estimate of drug-likeness (QED) is 0.846. The molecule has 0 radical (unpaired) electrons. The molecule has 1 aromatic heterocycles. The molecule has 0 unspecified atom stereocenters. The Kier molecular flexibility index (Phi) is 4.45. The van der Waals surface area contributed by atoms with E-state index >= 15 is 0 Å². The molecule has 0 saturated heterocycles. The van der Waals surface area contributed by atoms with Crippen LogP contribution in [-0.4, -0.2) is 35.3 Å². The lowest BCUT2D eigenvalue weighted by molar-refractivity contribution is -0.131. The van der Waals surface area contributed by atoms with Gasteiger partial charge in [0.1, 0.15) is 0 Å². The molecule has 0 spiro atoms. The summed E-state index contributed by atoms with van der Waals surface area (Å²) in [6, 6.07) is 2.09. The predicted octanol–water partition coefficient (Wildman–Crippen LogP) is 0.876. The maximum absolute atomic E-state index is 12.2. The molecule has 20 heavy (non-hydrogen) atoms. The summed E-state index contributed by atoms with van der Waals surface area (Å²) in [7, 11) is 0. The van der Waals surface area contributed by atoms with Crippen molar-refractivity contribution in [1.82, 2.24) is 10.2 Å². The first-order valence-electron chi connectivity index (χ1n) is 6.74. The van der Waals surface area contributed by atoms with Crippen LogP contribution < -0.4 is 11.1 Å². The smallest absolute Gasteiger partial charge is 0.236 e. The number of hydrogen-bond acceptors (Lipinski definition) is 4. The molecular weight excluding hydrogens is 274 g/mol. The van der Waals surface area contributed by atoms with Gasteiger partial charge in [-0.3, -0.25) is 9.59 Å². The zero-order valence-corrected chi connectivity index (χ0v) is 12.8. The number of carbonyl (C=O) groups is 2. The zero-order chi connectivity index (χ0) is 14.8. The third-order valence-electron chi connectivity index (χ3n) is 3.49. The number of thiophene rings is 1. The highest BCUT2D eigenvalue weighted by molar-refractivity contribution is 7.10. The summed E-state index contributed by atoms with van der Waals surface area (Å²) >= 11 is 1.76. The van der Waals surface area contributed by atoms with Gasteiger partial charge in [-0.15, -0.1) is 11.3 Å². The summed E-state index contributed by atoms with van der Waals surface area (Å²) in [5.74, 6) is -0.296. The Hall–Kier alpha value is -1.40. The van der Waals surface area contributed by atoms with Crippen LogP contribution in [0.1, 0.15) is 30.7 Å². The SMILES string of the molecule is CC(C)(CC(N)=O)NCC(=O)N1CCc2sccc2C1. The summed E-state index contributed by atoms with van der Waals surface area (Å²) < 4.78 is 0. The molecule has 0 atom stereocenters. The van der Waals surface area contributed by atoms with Gasteiger partial charge >= 0.3 is 0 Å². The van der Waals surface area contributed by atoms with Crippen molar-refractivity contribution in [3.63, 3.8) is 0 Å². The van der Waals surface area contributed by atoms with Crippen LogP contribution in [-0.2, 0) is 22.6 Å². The average Bonchev–Trinajstić information content (AvgIpc) is 2.81. The van der Waals surface area contributed by atoms with Gasteiger partial charge in [0.2, 0.25) is 11.8 Å². The fraction of sp³-hybridized carbons (Fsp3) is 0.571. The molecule has 0 aromatic carbocycles. The summed E-state index contributed by atoms with van der Waals surface area (Å²) in [5, 5.41) is 5.19. The van der Waals surface area contributed by atoms with E-state index in [-0.39, 0.29) is 24.8 Å². The summed E-state index contributed by atoms with van der Waals surface area (Å²) in [4.78, 5) is 26.4. The second-order valence-electron chi connectivity index (χ2n) is 5.81. The van der Waals surface area contributed by atoms with Crippen LogP contribution in [0.15, 0.2) is 11.4 Å². The maximum atomic E-state index is 12.2. The van der Waals surface area contributed by atoms with Gasteiger partial charge in [0.15, 0.2) is 0 Å². The van der Waals surface area contributed by atoms with Gasteiger partial charge in [-0.05, 0) is 37.3 Å². The number of hydrogen-bond donors (Lipinski definition) is 2. The minimum atomic E-state index is -0.454. The number of fused-ring (bicyclic) bond motifs is 1. The fourth-order valence-corrected chi connectivity index (χ4v) is 3.28. The topological polar surface area (TPSA) is 75.4 Å². The molecule has 2 rings (SSSR count). The molecule has 2 amide bonds. The summed E-state index contributed by atoms with van der Waals surface area (Å²) in [5.41, 5.74) is 6.00. The average molecular weight is 295 g/mol. The second-order valence-corrected chi connectivity index (χ2v) is 6.82. The number of rotatable bonds is 5.